The van der Waals surface area contributed by atoms with Gasteiger partial charge in [-0.25, -0.2) is 0 Å². The second kappa shape index (κ2) is 5.33. The lowest BCUT2D eigenvalue weighted by molar-refractivity contribution is -0.132. The van der Waals surface area contributed by atoms with Crippen molar-refractivity contribution >= 4 is 5.91 Å². The summed E-state index contributed by atoms with van der Waals surface area (Å²) >= 11 is 0. The summed E-state index contributed by atoms with van der Waals surface area (Å²) in [6.07, 6.45) is 1.10. The lowest BCUT2D eigenvalue weighted by atomic mass is 10.0. The molecule has 1 unspecified atom stereocenters. The van der Waals surface area contributed by atoms with Crippen LogP contribution >= 0.6 is 0 Å². The fourth-order valence-electron chi connectivity index (χ4n) is 2.42. The van der Waals surface area contributed by atoms with Gasteiger partial charge in [0.2, 0.25) is 5.91 Å². The number of carbonyl (C=O) groups is 1. The largest absolute Gasteiger partial charge is 0.339 e. The average molecular weight is 240 g/mol. The van der Waals surface area contributed by atoms with E-state index in [0.717, 1.165) is 45.7 Å². The minimum Gasteiger partial charge on any atom is -0.339 e. The highest BCUT2D eigenvalue weighted by atomic mass is 16.2. The number of carbonyl (C=O) groups excluding carboxylic acids is 1. The zero-order chi connectivity index (χ0) is 12.3. The quantitative estimate of drug-likeness (QED) is 0.671. The molecule has 0 bridgehead atoms. The molecule has 0 aromatic heterocycles. The summed E-state index contributed by atoms with van der Waals surface area (Å²) < 4.78 is 0. The molecule has 2 heterocycles. The van der Waals surface area contributed by atoms with E-state index in [1.54, 1.807) is 0 Å². The first kappa shape index (κ1) is 12.8. The van der Waals surface area contributed by atoms with E-state index in [4.69, 9.17) is 0 Å². The zero-order valence-corrected chi connectivity index (χ0v) is 11.0. The fourth-order valence-corrected chi connectivity index (χ4v) is 2.42. The van der Waals surface area contributed by atoms with Gasteiger partial charge in [0.05, 0.1) is 6.54 Å². The van der Waals surface area contributed by atoms with E-state index in [9.17, 15) is 4.79 Å². The van der Waals surface area contributed by atoms with E-state index in [0.29, 0.717) is 6.54 Å². The molecule has 1 amide bonds. The highest BCUT2D eigenvalue weighted by Crippen LogP contribution is 2.12. The molecule has 5 nitrogen and oxygen atoms in total. The van der Waals surface area contributed by atoms with Crippen LogP contribution in [0.25, 0.3) is 0 Å². The van der Waals surface area contributed by atoms with Crippen molar-refractivity contribution in [3.63, 3.8) is 0 Å². The van der Waals surface area contributed by atoms with Crippen molar-refractivity contribution in [1.82, 2.24) is 20.4 Å². The molecule has 2 N–H and O–H groups in total. The van der Waals surface area contributed by atoms with Gasteiger partial charge >= 0.3 is 0 Å². The summed E-state index contributed by atoms with van der Waals surface area (Å²) in [5, 5.41) is 6.73. The summed E-state index contributed by atoms with van der Waals surface area (Å²) in [5.74, 6) is 0.242. The van der Waals surface area contributed by atoms with Crippen molar-refractivity contribution in [2.45, 2.75) is 18.9 Å². The van der Waals surface area contributed by atoms with Crippen molar-refractivity contribution in [2.75, 3.05) is 52.9 Å². The monoisotopic (exact) mass is 240 g/mol. The third-order valence-electron chi connectivity index (χ3n) is 3.89. The Labute approximate surface area is 104 Å². The first-order chi connectivity index (χ1) is 8.09. The van der Waals surface area contributed by atoms with Gasteiger partial charge < -0.3 is 20.4 Å². The van der Waals surface area contributed by atoms with Crippen molar-refractivity contribution in [3.8, 4) is 0 Å². The molecular weight excluding hydrogens is 216 g/mol. The van der Waals surface area contributed by atoms with Crippen LogP contribution in [0.3, 0.4) is 0 Å². The first-order valence-electron chi connectivity index (χ1n) is 6.51. The number of rotatable bonds is 3. The van der Waals surface area contributed by atoms with Crippen molar-refractivity contribution in [3.05, 3.63) is 0 Å². The van der Waals surface area contributed by atoms with Gasteiger partial charge in [-0.05, 0) is 26.9 Å². The van der Waals surface area contributed by atoms with Crippen LogP contribution < -0.4 is 10.6 Å². The maximum atomic E-state index is 12.0. The van der Waals surface area contributed by atoms with E-state index < -0.39 is 0 Å². The van der Waals surface area contributed by atoms with Crippen LogP contribution in [0.1, 0.15) is 13.3 Å². The Morgan fingerprint density at radius 3 is 2.65 bits per heavy atom. The summed E-state index contributed by atoms with van der Waals surface area (Å²) in [6, 6.07) is 0. The van der Waals surface area contributed by atoms with Gasteiger partial charge in [-0.15, -0.1) is 0 Å². The van der Waals surface area contributed by atoms with Crippen LogP contribution in [-0.2, 0) is 4.79 Å². The summed E-state index contributed by atoms with van der Waals surface area (Å²) in [4.78, 5) is 16.3. The van der Waals surface area contributed by atoms with Gasteiger partial charge in [0.1, 0.15) is 0 Å². The second-order valence-electron chi connectivity index (χ2n) is 5.53. The van der Waals surface area contributed by atoms with Crippen LogP contribution in [0, 0.1) is 0 Å². The van der Waals surface area contributed by atoms with Crippen molar-refractivity contribution in [1.29, 1.82) is 0 Å². The van der Waals surface area contributed by atoms with E-state index in [1.165, 1.54) is 0 Å². The Morgan fingerprint density at radius 2 is 2.06 bits per heavy atom. The number of piperazine rings is 1. The fraction of sp³-hybridized carbons (Fsp3) is 0.917. The second-order valence-corrected chi connectivity index (χ2v) is 5.53. The highest BCUT2D eigenvalue weighted by Gasteiger charge is 2.29. The Hall–Kier alpha value is -0.650. The van der Waals surface area contributed by atoms with Crippen LogP contribution in [0.5, 0.6) is 0 Å². The molecular formula is C12H24N4O. The van der Waals surface area contributed by atoms with Gasteiger partial charge in [0.25, 0.3) is 0 Å². The number of nitrogens with zero attached hydrogens (tertiary/aromatic N) is 2. The molecule has 2 fully saturated rings. The molecule has 2 aliphatic rings. The lowest BCUT2D eigenvalue weighted by Crippen LogP contribution is -2.53. The van der Waals surface area contributed by atoms with E-state index in [1.807, 2.05) is 4.90 Å². The Balaban J connectivity index is 1.73. The van der Waals surface area contributed by atoms with E-state index in [2.05, 4.69) is 29.5 Å². The molecule has 0 aromatic rings. The minimum absolute atomic E-state index is 0.0994. The third kappa shape index (κ3) is 3.40. The van der Waals surface area contributed by atoms with Gasteiger partial charge in [0, 0.05) is 38.3 Å². The maximum Gasteiger partial charge on any atom is 0.236 e. The van der Waals surface area contributed by atoms with Gasteiger partial charge in [-0.2, -0.15) is 0 Å². The van der Waals surface area contributed by atoms with Gasteiger partial charge in [-0.1, -0.05) is 0 Å². The number of amides is 1. The molecule has 5 heteroatoms. The van der Waals surface area contributed by atoms with Crippen LogP contribution in [-0.4, -0.2) is 74.1 Å². The van der Waals surface area contributed by atoms with Crippen LogP contribution in [0.15, 0.2) is 0 Å². The van der Waals surface area contributed by atoms with E-state index in [-0.39, 0.29) is 11.4 Å². The molecule has 0 spiro atoms. The smallest absolute Gasteiger partial charge is 0.236 e. The number of likely N-dealkylation sites (N-methyl/N-ethyl adjacent to an activating group) is 1. The topological polar surface area (TPSA) is 47.6 Å². The maximum absolute atomic E-state index is 12.0. The van der Waals surface area contributed by atoms with Crippen LogP contribution in [0.2, 0.25) is 0 Å². The SMILES string of the molecule is CN1CCN(C(=O)CNC2(C)CCNC2)CC1. The molecule has 0 aromatic carbocycles. The van der Waals surface area contributed by atoms with Crippen LogP contribution in [0.4, 0.5) is 0 Å². The molecule has 0 aliphatic carbocycles. The Kier molecular flexibility index (Phi) is 4.01. The summed E-state index contributed by atoms with van der Waals surface area (Å²) in [5.41, 5.74) is 0.0994. The number of nitrogens with one attached hydrogen (secondary N) is 2. The normalized spacial score (nSPS) is 30.8. The molecule has 98 valence electrons. The van der Waals surface area contributed by atoms with Gasteiger partial charge in [-0.3, -0.25) is 4.79 Å². The Morgan fingerprint density at radius 1 is 1.35 bits per heavy atom. The molecule has 0 radical (unpaired) electrons. The molecule has 17 heavy (non-hydrogen) atoms. The first-order valence-corrected chi connectivity index (χ1v) is 6.51. The van der Waals surface area contributed by atoms with Crippen molar-refractivity contribution < 1.29 is 4.79 Å². The highest BCUT2D eigenvalue weighted by molar-refractivity contribution is 5.78. The average Bonchev–Trinajstić information content (AvgIpc) is 2.75. The predicted molar refractivity (Wildman–Crippen MR) is 68.0 cm³/mol. The standard InChI is InChI=1S/C12H24N4O/c1-12(3-4-13-10-12)14-9-11(17)16-7-5-15(2)6-8-16/h13-14H,3-10H2,1-2H3. The number of hydrogen-bond donors (Lipinski definition) is 2. The van der Waals surface area contributed by atoms with Crippen molar-refractivity contribution in [2.24, 2.45) is 0 Å². The molecule has 2 rings (SSSR count). The minimum atomic E-state index is 0.0994. The summed E-state index contributed by atoms with van der Waals surface area (Å²) in [6.45, 7) is 8.38. The molecule has 2 aliphatic heterocycles. The van der Waals surface area contributed by atoms with E-state index >= 15 is 0 Å². The van der Waals surface area contributed by atoms with Gasteiger partial charge in [0.15, 0.2) is 0 Å². The zero-order valence-electron chi connectivity index (χ0n) is 11.0. The predicted octanol–water partition coefficient (Wildman–Crippen LogP) is -0.898. The lowest BCUT2D eigenvalue weighted by Gasteiger charge is -2.33. The molecule has 2 saturated heterocycles. The Bertz CT molecular complexity index is 268. The molecule has 0 saturated carbocycles. The summed E-state index contributed by atoms with van der Waals surface area (Å²) in [7, 11) is 2.10. The number of hydrogen-bond acceptors (Lipinski definition) is 4. The third-order valence-corrected chi connectivity index (χ3v) is 3.89. The molecule has 1 atom stereocenters.